The molecule has 0 spiro atoms. The Morgan fingerprint density at radius 1 is 0.862 bits per heavy atom. The Morgan fingerprint density at radius 2 is 1.48 bits per heavy atom. The maximum atomic E-state index is 12.2. The van der Waals surface area contributed by atoms with E-state index in [0.717, 1.165) is 31.6 Å². The SMILES string of the molecule is CCCCC[C@H]1CO[C@H](CC[C@H]2CO[C@H](c3ccc(OC(F)F)cc3)OC2)OC1. The molecule has 2 aliphatic rings. The highest BCUT2D eigenvalue weighted by molar-refractivity contribution is 5.28. The molecule has 0 bridgehead atoms. The molecule has 0 unspecified atom stereocenters. The first kappa shape index (κ1) is 22.4. The molecular formula is C22H32F2O5. The van der Waals surface area contributed by atoms with Crippen LogP contribution in [0.5, 0.6) is 5.75 Å². The third-order valence-corrected chi connectivity index (χ3v) is 5.41. The smallest absolute Gasteiger partial charge is 0.387 e. The minimum atomic E-state index is -2.83. The van der Waals surface area contributed by atoms with Crippen molar-refractivity contribution >= 4 is 0 Å². The van der Waals surface area contributed by atoms with Gasteiger partial charge in [-0.05, 0) is 31.4 Å². The van der Waals surface area contributed by atoms with Crippen LogP contribution in [0.2, 0.25) is 0 Å². The van der Waals surface area contributed by atoms with E-state index in [1.165, 1.54) is 37.8 Å². The van der Waals surface area contributed by atoms with E-state index in [0.29, 0.717) is 25.0 Å². The van der Waals surface area contributed by atoms with E-state index in [1.807, 2.05) is 0 Å². The van der Waals surface area contributed by atoms with Gasteiger partial charge >= 0.3 is 6.61 Å². The van der Waals surface area contributed by atoms with E-state index in [1.54, 1.807) is 12.1 Å². The molecule has 0 N–H and O–H groups in total. The van der Waals surface area contributed by atoms with E-state index in [-0.39, 0.29) is 12.0 Å². The zero-order valence-corrected chi connectivity index (χ0v) is 17.1. The van der Waals surface area contributed by atoms with Crippen LogP contribution in [-0.4, -0.2) is 39.3 Å². The summed E-state index contributed by atoms with van der Waals surface area (Å²) in [4.78, 5) is 0. The molecule has 2 saturated heterocycles. The lowest BCUT2D eigenvalue weighted by atomic mass is 10.0. The maximum absolute atomic E-state index is 12.2. The quantitative estimate of drug-likeness (QED) is 0.486. The van der Waals surface area contributed by atoms with Crippen LogP contribution in [-0.2, 0) is 18.9 Å². The number of halogens is 2. The second-order valence-corrected chi connectivity index (χ2v) is 7.85. The topological polar surface area (TPSA) is 46.2 Å². The molecule has 2 heterocycles. The summed E-state index contributed by atoms with van der Waals surface area (Å²) in [5.74, 6) is 0.942. The van der Waals surface area contributed by atoms with Gasteiger partial charge in [-0.15, -0.1) is 0 Å². The number of ether oxygens (including phenoxy) is 5. The first-order valence-corrected chi connectivity index (χ1v) is 10.6. The Hall–Kier alpha value is -1.28. The van der Waals surface area contributed by atoms with Crippen LogP contribution in [0.4, 0.5) is 8.78 Å². The zero-order chi connectivity index (χ0) is 20.5. The van der Waals surface area contributed by atoms with Gasteiger partial charge < -0.3 is 23.7 Å². The molecule has 0 atom stereocenters. The van der Waals surface area contributed by atoms with Gasteiger partial charge in [0, 0.05) is 17.4 Å². The fraction of sp³-hybridized carbons (Fsp3) is 0.727. The van der Waals surface area contributed by atoms with Crippen molar-refractivity contribution in [1.82, 2.24) is 0 Å². The molecule has 0 radical (unpaired) electrons. The normalized spacial score (nSPS) is 27.9. The first-order valence-electron chi connectivity index (χ1n) is 10.6. The molecule has 5 nitrogen and oxygen atoms in total. The summed E-state index contributed by atoms with van der Waals surface area (Å²) in [6.07, 6.45) is 6.09. The van der Waals surface area contributed by atoms with E-state index in [4.69, 9.17) is 18.9 Å². The highest BCUT2D eigenvalue weighted by atomic mass is 19.3. The molecule has 3 rings (SSSR count). The van der Waals surface area contributed by atoms with Crippen LogP contribution in [0, 0.1) is 11.8 Å². The van der Waals surface area contributed by atoms with Crippen LogP contribution in [0.15, 0.2) is 24.3 Å². The maximum Gasteiger partial charge on any atom is 0.387 e. The van der Waals surface area contributed by atoms with Gasteiger partial charge in [0.15, 0.2) is 12.6 Å². The van der Waals surface area contributed by atoms with Crippen molar-refractivity contribution in [1.29, 1.82) is 0 Å². The van der Waals surface area contributed by atoms with Crippen molar-refractivity contribution in [3.05, 3.63) is 29.8 Å². The Bertz CT molecular complexity index is 567. The average molecular weight is 414 g/mol. The van der Waals surface area contributed by atoms with Gasteiger partial charge in [-0.3, -0.25) is 0 Å². The molecule has 0 aromatic heterocycles. The van der Waals surface area contributed by atoms with E-state index in [9.17, 15) is 8.78 Å². The number of rotatable bonds is 10. The lowest BCUT2D eigenvalue weighted by molar-refractivity contribution is -0.220. The highest BCUT2D eigenvalue weighted by Crippen LogP contribution is 2.29. The van der Waals surface area contributed by atoms with Gasteiger partial charge in [-0.1, -0.05) is 38.3 Å². The molecule has 7 heteroatoms. The minimum absolute atomic E-state index is 0.123. The minimum Gasteiger partial charge on any atom is -0.435 e. The van der Waals surface area contributed by atoms with Gasteiger partial charge in [0.05, 0.1) is 26.4 Å². The monoisotopic (exact) mass is 414 g/mol. The first-order chi connectivity index (χ1) is 14.1. The predicted octanol–water partition coefficient (Wildman–Crippen LogP) is 5.30. The summed E-state index contributed by atoms with van der Waals surface area (Å²) in [5.41, 5.74) is 0.790. The Balaban J connectivity index is 1.31. The van der Waals surface area contributed by atoms with Crippen molar-refractivity contribution < 1.29 is 32.5 Å². The number of unbranched alkanes of at least 4 members (excludes halogenated alkanes) is 2. The van der Waals surface area contributed by atoms with Crippen molar-refractivity contribution in [3.63, 3.8) is 0 Å². The van der Waals surface area contributed by atoms with Crippen molar-refractivity contribution in [2.45, 2.75) is 64.6 Å². The molecule has 1 aromatic rings. The Morgan fingerprint density at radius 3 is 2.10 bits per heavy atom. The summed E-state index contributed by atoms with van der Waals surface area (Å²) in [7, 11) is 0. The van der Waals surface area contributed by atoms with Crippen LogP contribution in [0.1, 0.15) is 57.3 Å². The van der Waals surface area contributed by atoms with Crippen LogP contribution in [0.3, 0.4) is 0 Å². The highest BCUT2D eigenvalue weighted by Gasteiger charge is 2.27. The number of alkyl halides is 2. The fourth-order valence-electron chi connectivity index (χ4n) is 3.68. The van der Waals surface area contributed by atoms with Gasteiger partial charge in [-0.25, -0.2) is 0 Å². The predicted molar refractivity (Wildman–Crippen MR) is 104 cm³/mol. The number of hydrogen-bond acceptors (Lipinski definition) is 5. The van der Waals surface area contributed by atoms with Crippen LogP contribution >= 0.6 is 0 Å². The molecule has 0 aliphatic carbocycles. The third kappa shape index (κ3) is 7.48. The number of benzene rings is 1. The molecular weight excluding hydrogens is 382 g/mol. The Labute approximate surface area is 171 Å². The molecule has 164 valence electrons. The summed E-state index contributed by atoms with van der Waals surface area (Å²) in [6.45, 7) is 2.15. The molecule has 0 saturated carbocycles. The standard InChI is InChI=1S/C22H32F2O5/c1-2-3-4-5-16-12-25-20(26-13-16)11-6-17-14-27-21(28-15-17)18-7-9-19(10-8-18)29-22(23)24/h7-10,16-17,20-22H,2-6,11-15H2,1H3/t16-,17-,20-,21-. The molecule has 29 heavy (non-hydrogen) atoms. The van der Waals surface area contributed by atoms with Crippen LogP contribution in [0.25, 0.3) is 0 Å². The molecule has 1 aromatic carbocycles. The number of hydrogen-bond donors (Lipinski definition) is 0. The fourth-order valence-corrected chi connectivity index (χ4v) is 3.68. The molecule has 2 aliphatic heterocycles. The summed E-state index contributed by atoms with van der Waals surface area (Å²) >= 11 is 0. The summed E-state index contributed by atoms with van der Waals surface area (Å²) < 4.78 is 52.2. The lowest BCUT2D eigenvalue weighted by Crippen LogP contribution is -2.33. The molecule has 2 fully saturated rings. The van der Waals surface area contributed by atoms with Crippen molar-refractivity contribution in [3.8, 4) is 5.75 Å². The van der Waals surface area contributed by atoms with E-state index >= 15 is 0 Å². The van der Waals surface area contributed by atoms with E-state index < -0.39 is 12.9 Å². The third-order valence-electron chi connectivity index (χ3n) is 5.41. The van der Waals surface area contributed by atoms with Crippen LogP contribution < -0.4 is 4.74 Å². The van der Waals surface area contributed by atoms with Crippen molar-refractivity contribution in [2.75, 3.05) is 26.4 Å². The van der Waals surface area contributed by atoms with Gasteiger partial charge in [0.25, 0.3) is 0 Å². The van der Waals surface area contributed by atoms with E-state index in [2.05, 4.69) is 11.7 Å². The Kier molecular flexibility index (Phi) is 9.11. The zero-order valence-electron chi connectivity index (χ0n) is 17.1. The van der Waals surface area contributed by atoms with Crippen molar-refractivity contribution in [2.24, 2.45) is 11.8 Å². The molecule has 0 amide bonds. The van der Waals surface area contributed by atoms with Gasteiger partial charge in [0.2, 0.25) is 0 Å². The summed E-state index contributed by atoms with van der Waals surface area (Å²) in [5, 5.41) is 0. The van der Waals surface area contributed by atoms with Gasteiger partial charge in [-0.2, -0.15) is 8.78 Å². The largest absolute Gasteiger partial charge is 0.435 e. The lowest BCUT2D eigenvalue weighted by Gasteiger charge is -2.32. The summed E-state index contributed by atoms with van der Waals surface area (Å²) in [6, 6.07) is 6.35. The second-order valence-electron chi connectivity index (χ2n) is 7.85. The van der Waals surface area contributed by atoms with Gasteiger partial charge in [0.1, 0.15) is 5.75 Å². The second kappa shape index (κ2) is 11.8. The average Bonchev–Trinajstić information content (AvgIpc) is 2.74.